The fourth-order valence-corrected chi connectivity index (χ4v) is 3.85. The second-order valence-electron chi connectivity index (χ2n) is 7.41. The summed E-state index contributed by atoms with van der Waals surface area (Å²) in [6.07, 6.45) is 4.52. The first kappa shape index (κ1) is 19.5. The second kappa shape index (κ2) is 9.58. The van der Waals surface area contributed by atoms with Crippen molar-refractivity contribution in [1.82, 2.24) is 15.4 Å². The molecule has 0 unspecified atom stereocenters. The van der Waals surface area contributed by atoms with Gasteiger partial charge < -0.3 is 14.7 Å². The first-order chi connectivity index (χ1) is 13.2. The number of aryl methyl sites for hydroxylation is 2. The van der Waals surface area contributed by atoms with Gasteiger partial charge in [-0.3, -0.25) is 4.99 Å². The van der Waals surface area contributed by atoms with Crippen LogP contribution in [0.5, 0.6) is 0 Å². The third kappa shape index (κ3) is 5.34. The lowest BCUT2D eigenvalue weighted by Crippen LogP contribution is -2.46. The SMILES string of the molecule is CCNC(=NCCc1c(C)noc1C)N1CCC(Cc2ccccc2)CC1. The van der Waals surface area contributed by atoms with E-state index < -0.39 is 0 Å². The van der Waals surface area contributed by atoms with Gasteiger partial charge in [-0.25, -0.2) is 0 Å². The summed E-state index contributed by atoms with van der Waals surface area (Å²) in [5.74, 6) is 2.73. The van der Waals surface area contributed by atoms with Crippen molar-refractivity contribution in [2.75, 3.05) is 26.2 Å². The number of aliphatic imine (C=N–C) groups is 1. The fourth-order valence-electron chi connectivity index (χ4n) is 3.85. The molecule has 0 aliphatic carbocycles. The van der Waals surface area contributed by atoms with Gasteiger partial charge in [0, 0.05) is 31.7 Å². The van der Waals surface area contributed by atoms with Gasteiger partial charge >= 0.3 is 0 Å². The molecule has 0 saturated carbocycles. The van der Waals surface area contributed by atoms with Crippen LogP contribution in [-0.4, -0.2) is 42.2 Å². The van der Waals surface area contributed by atoms with Crippen molar-refractivity contribution in [3.63, 3.8) is 0 Å². The third-order valence-corrected chi connectivity index (χ3v) is 5.42. The van der Waals surface area contributed by atoms with Crippen molar-refractivity contribution in [3.05, 3.63) is 52.9 Å². The van der Waals surface area contributed by atoms with E-state index in [4.69, 9.17) is 9.52 Å². The zero-order valence-corrected chi connectivity index (χ0v) is 16.9. The molecule has 0 radical (unpaired) electrons. The standard InChI is InChI=1S/C22H32N4O/c1-4-23-22(24-13-10-21-17(2)25-27-18(21)3)26-14-11-20(12-15-26)16-19-8-6-5-7-9-19/h5-9,20H,4,10-16H2,1-3H3,(H,23,24). The number of hydrogen-bond donors (Lipinski definition) is 1. The number of nitrogens with zero attached hydrogens (tertiary/aromatic N) is 3. The van der Waals surface area contributed by atoms with Crippen LogP contribution in [-0.2, 0) is 12.8 Å². The van der Waals surface area contributed by atoms with Crippen molar-refractivity contribution >= 4 is 5.96 Å². The van der Waals surface area contributed by atoms with E-state index in [1.807, 2.05) is 13.8 Å². The van der Waals surface area contributed by atoms with Crippen LogP contribution in [0.25, 0.3) is 0 Å². The first-order valence-corrected chi connectivity index (χ1v) is 10.2. The highest BCUT2D eigenvalue weighted by atomic mass is 16.5. The van der Waals surface area contributed by atoms with Crippen LogP contribution < -0.4 is 5.32 Å². The van der Waals surface area contributed by atoms with Crippen LogP contribution in [0, 0.1) is 19.8 Å². The Kier molecular flexibility index (Phi) is 6.91. The number of likely N-dealkylation sites (tertiary alicyclic amines) is 1. The summed E-state index contributed by atoms with van der Waals surface area (Å²) in [5.41, 5.74) is 3.63. The maximum Gasteiger partial charge on any atom is 0.193 e. The largest absolute Gasteiger partial charge is 0.361 e. The zero-order chi connectivity index (χ0) is 19.1. The maximum atomic E-state index is 5.25. The Morgan fingerprint density at radius 3 is 2.59 bits per heavy atom. The monoisotopic (exact) mass is 368 g/mol. The molecular formula is C22H32N4O. The average Bonchev–Trinajstić information content (AvgIpc) is 3.01. The van der Waals surface area contributed by atoms with Crippen molar-refractivity contribution in [1.29, 1.82) is 0 Å². The molecule has 1 aliphatic rings. The van der Waals surface area contributed by atoms with Crippen molar-refractivity contribution in [2.45, 2.75) is 46.5 Å². The van der Waals surface area contributed by atoms with Crippen LogP contribution in [0.4, 0.5) is 0 Å². The van der Waals surface area contributed by atoms with Crippen molar-refractivity contribution in [3.8, 4) is 0 Å². The van der Waals surface area contributed by atoms with Crippen molar-refractivity contribution < 1.29 is 4.52 Å². The molecule has 146 valence electrons. The normalized spacial score (nSPS) is 16.0. The van der Waals surface area contributed by atoms with Gasteiger partial charge in [-0.15, -0.1) is 0 Å². The molecule has 3 rings (SSSR count). The minimum atomic E-state index is 0.759. The molecule has 1 aromatic carbocycles. The van der Waals surface area contributed by atoms with Gasteiger partial charge in [-0.05, 0) is 57.9 Å². The van der Waals surface area contributed by atoms with Gasteiger partial charge in [0.05, 0.1) is 5.69 Å². The predicted molar refractivity (Wildman–Crippen MR) is 110 cm³/mol. The molecule has 0 spiro atoms. The van der Waals surface area contributed by atoms with Gasteiger partial charge in [-0.2, -0.15) is 0 Å². The van der Waals surface area contributed by atoms with Gasteiger partial charge in [0.1, 0.15) is 5.76 Å². The van der Waals surface area contributed by atoms with E-state index >= 15 is 0 Å². The molecule has 27 heavy (non-hydrogen) atoms. The number of rotatable bonds is 6. The predicted octanol–water partition coefficient (Wildman–Crippen LogP) is 3.75. The number of piperidine rings is 1. The van der Waals surface area contributed by atoms with E-state index in [9.17, 15) is 0 Å². The molecule has 1 saturated heterocycles. The molecule has 1 N–H and O–H groups in total. The Morgan fingerprint density at radius 1 is 1.22 bits per heavy atom. The topological polar surface area (TPSA) is 53.7 Å². The summed E-state index contributed by atoms with van der Waals surface area (Å²) >= 11 is 0. The second-order valence-corrected chi connectivity index (χ2v) is 7.41. The first-order valence-electron chi connectivity index (χ1n) is 10.2. The van der Waals surface area contributed by atoms with Crippen LogP contribution in [0.2, 0.25) is 0 Å². The highest BCUT2D eigenvalue weighted by Crippen LogP contribution is 2.22. The molecule has 0 bridgehead atoms. The van der Waals surface area contributed by atoms with E-state index in [-0.39, 0.29) is 0 Å². The van der Waals surface area contributed by atoms with Crippen LogP contribution in [0.1, 0.15) is 42.3 Å². The van der Waals surface area contributed by atoms with E-state index in [0.29, 0.717) is 0 Å². The fraction of sp³-hybridized carbons (Fsp3) is 0.545. The molecule has 1 fully saturated rings. The van der Waals surface area contributed by atoms with Crippen LogP contribution in [0.15, 0.2) is 39.8 Å². The van der Waals surface area contributed by atoms with E-state index in [0.717, 1.165) is 55.9 Å². The Labute approximate surface area is 162 Å². The quantitative estimate of drug-likeness (QED) is 0.623. The molecule has 2 heterocycles. The number of aromatic nitrogens is 1. The smallest absolute Gasteiger partial charge is 0.193 e. The Hall–Kier alpha value is -2.30. The molecule has 1 aromatic heterocycles. The van der Waals surface area contributed by atoms with Gasteiger partial charge in [-0.1, -0.05) is 35.5 Å². The number of benzene rings is 1. The van der Waals surface area contributed by atoms with E-state index in [1.165, 1.54) is 30.4 Å². The van der Waals surface area contributed by atoms with E-state index in [2.05, 4.69) is 52.6 Å². The lowest BCUT2D eigenvalue weighted by atomic mass is 9.90. The summed E-state index contributed by atoms with van der Waals surface area (Å²) in [5, 5.41) is 7.50. The van der Waals surface area contributed by atoms with Crippen LogP contribution in [0.3, 0.4) is 0 Å². The lowest BCUT2D eigenvalue weighted by molar-refractivity contribution is 0.259. The zero-order valence-electron chi connectivity index (χ0n) is 16.9. The van der Waals surface area contributed by atoms with Gasteiger partial charge in [0.2, 0.25) is 0 Å². The molecular weight excluding hydrogens is 336 g/mol. The molecule has 5 nitrogen and oxygen atoms in total. The Morgan fingerprint density at radius 2 is 1.96 bits per heavy atom. The molecule has 2 aromatic rings. The minimum absolute atomic E-state index is 0.759. The highest BCUT2D eigenvalue weighted by molar-refractivity contribution is 5.80. The third-order valence-electron chi connectivity index (χ3n) is 5.42. The summed E-state index contributed by atoms with van der Waals surface area (Å²) in [6.45, 7) is 9.92. The number of guanidine groups is 1. The van der Waals surface area contributed by atoms with Gasteiger partial charge in [0.25, 0.3) is 0 Å². The molecule has 0 atom stereocenters. The molecule has 5 heteroatoms. The Balaban J connectivity index is 1.53. The van der Waals surface area contributed by atoms with Crippen LogP contribution >= 0.6 is 0 Å². The summed E-state index contributed by atoms with van der Waals surface area (Å²) < 4.78 is 5.25. The number of hydrogen-bond acceptors (Lipinski definition) is 3. The Bertz CT molecular complexity index is 711. The highest BCUT2D eigenvalue weighted by Gasteiger charge is 2.21. The summed E-state index contributed by atoms with van der Waals surface area (Å²) in [4.78, 5) is 7.28. The lowest BCUT2D eigenvalue weighted by Gasteiger charge is -2.34. The molecule has 0 amide bonds. The summed E-state index contributed by atoms with van der Waals surface area (Å²) in [7, 11) is 0. The summed E-state index contributed by atoms with van der Waals surface area (Å²) in [6, 6.07) is 10.9. The molecule has 1 aliphatic heterocycles. The minimum Gasteiger partial charge on any atom is -0.361 e. The average molecular weight is 369 g/mol. The number of nitrogens with one attached hydrogen (secondary N) is 1. The van der Waals surface area contributed by atoms with Crippen molar-refractivity contribution in [2.24, 2.45) is 10.9 Å². The maximum absolute atomic E-state index is 5.25. The van der Waals surface area contributed by atoms with Gasteiger partial charge in [0.15, 0.2) is 5.96 Å². The van der Waals surface area contributed by atoms with E-state index in [1.54, 1.807) is 0 Å².